The number of pyridine rings is 1. The Morgan fingerprint density at radius 1 is 1.59 bits per heavy atom. The zero-order valence-corrected chi connectivity index (χ0v) is 9.98. The minimum atomic E-state index is -0.411. The lowest BCUT2D eigenvalue weighted by Crippen LogP contribution is -2.26. The molecule has 0 aliphatic carbocycles. The molecule has 6 heteroatoms. The van der Waals surface area contributed by atoms with Gasteiger partial charge in [0.25, 0.3) is 0 Å². The van der Waals surface area contributed by atoms with Crippen molar-refractivity contribution in [2.24, 2.45) is 5.92 Å². The fourth-order valence-corrected chi connectivity index (χ4v) is 2.00. The van der Waals surface area contributed by atoms with Gasteiger partial charge in [0.15, 0.2) is 0 Å². The maximum atomic E-state index is 11.8. The lowest BCUT2D eigenvalue weighted by Gasteiger charge is -2.15. The molecule has 1 aliphatic heterocycles. The van der Waals surface area contributed by atoms with E-state index in [1.165, 1.54) is 18.2 Å². The Labute approximate surface area is 103 Å². The van der Waals surface area contributed by atoms with Crippen LogP contribution in [0, 0.1) is 5.92 Å². The third-order valence-corrected chi connectivity index (χ3v) is 2.87. The molecule has 5 nitrogen and oxygen atoms in total. The van der Waals surface area contributed by atoms with Gasteiger partial charge in [-0.2, -0.15) is 0 Å². The van der Waals surface area contributed by atoms with E-state index in [-0.39, 0.29) is 18.3 Å². The summed E-state index contributed by atoms with van der Waals surface area (Å²) in [7, 11) is 1.32. The molecule has 1 aromatic rings. The van der Waals surface area contributed by atoms with E-state index in [0.29, 0.717) is 17.3 Å². The molecule has 0 aromatic carbocycles. The number of methoxy groups -OCH3 is 1. The molecule has 0 saturated carbocycles. The number of hydrogen-bond acceptors (Lipinski definition) is 4. The van der Waals surface area contributed by atoms with Crippen LogP contribution in [0.2, 0.25) is 5.02 Å². The highest BCUT2D eigenvalue weighted by atomic mass is 35.5. The maximum Gasteiger partial charge on any atom is 0.311 e. The van der Waals surface area contributed by atoms with Gasteiger partial charge in [-0.05, 0) is 6.07 Å². The third-order valence-electron chi connectivity index (χ3n) is 2.66. The SMILES string of the molecule is COC(=O)C1CC(=O)N(c2cncc(Cl)c2)C1. The van der Waals surface area contributed by atoms with Crippen molar-refractivity contribution in [2.45, 2.75) is 6.42 Å². The Bertz CT molecular complexity index is 464. The number of carbonyl (C=O) groups excluding carboxylic acids is 2. The van der Waals surface area contributed by atoms with Gasteiger partial charge in [-0.25, -0.2) is 0 Å². The van der Waals surface area contributed by atoms with E-state index >= 15 is 0 Å². The molecule has 1 amide bonds. The Hall–Kier alpha value is -1.62. The average molecular weight is 255 g/mol. The Kier molecular flexibility index (Phi) is 3.28. The predicted molar refractivity (Wildman–Crippen MR) is 61.7 cm³/mol. The second-order valence-electron chi connectivity index (χ2n) is 3.79. The van der Waals surface area contributed by atoms with Crippen molar-refractivity contribution in [1.82, 2.24) is 4.98 Å². The van der Waals surface area contributed by atoms with Crippen molar-refractivity contribution in [3.05, 3.63) is 23.5 Å². The number of nitrogens with zero attached hydrogens (tertiary/aromatic N) is 2. The first-order chi connectivity index (χ1) is 8.11. The Morgan fingerprint density at radius 3 is 3.00 bits per heavy atom. The molecule has 2 rings (SSSR count). The highest BCUT2D eigenvalue weighted by Gasteiger charge is 2.35. The maximum absolute atomic E-state index is 11.8. The van der Waals surface area contributed by atoms with Gasteiger partial charge in [-0.15, -0.1) is 0 Å². The lowest BCUT2D eigenvalue weighted by molar-refractivity contribution is -0.145. The van der Waals surface area contributed by atoms with Crippen LogP contribution in [0.25, 0.3) is 0 Å². The number of hydrogen-bond donors (Lipinski definition) is 0. The largest absolute Gasteiger partial charge is 0.469 e. The van der Waals surface area contributed by atoms with Gasteiger partial charge in [0.05, 0.1) is 29.9 Å². The van der Waals surface area contributed by atoms with Gasteiger partial charge >= 0.3 is 5.97 Å². The van der Waals surface area contributed by atoms with E-state index in [0.717, 1.165) is 0 Å². The Balaban J connectivity index is 2.18. The highest BCUT2D eigenvalue weighted by Crippen LogP contribution is 2.26. The van der Waals surface area contributed by atoms with Crippen LogP contribution >= 0.6 is 11.6 Å². The third kappa shape index (κ3) is 2.39. The topological polar surface area (TPSA) is 59.5 Å². The molecular weight excluding hydrogens is 244 g/mol. The summed E-state index contributed by atoms with van der Waals surface area (Å²) in [4.78, 5) is 28.5. The van der Waals surface area contributed by atoms with E-state index in [4.69, 9.17) is 11.6 Å². The van der Waals surface area contributed by atoms with Gasteiger partial charge < -0.3 is 9.64 Å². The minimum Gasteiger partial charge on any atom is -0.469 e. The van der Waals surface area contributed by atoms with Gasteiger partial charge in [-0.1, -0.05) is 11.6 Å². The molecule has 1 aromatic heterocycles. The van der Waals surface area contributed by atoms with Crippen LogP contribution in [0.3, 0.4) is 0 Å². The molecule has 1 unspecified atom stereocenters. The van der Waals surface area contributed by atoms with E-state index in [1.807, 2.05) is 0 Å². The number of carbonyl (C=O) groups is 2. The van der Waals surface area contributed by atoms with Crippen LogP contribution in [-0.2, 0) is 14.3 Å². The van der Waals surface area contributed by atoms with Crippen molar-refractivity contribution < 1.29 is 14.3 Å². The molecule has 0 radical (unpaired) electrons. The normalized spacial score (nSPS) is 19.5. The number of halogens is 1. The molecular formula is C11H11ClN2O3. The van der Waals surface area contributed by atoms with E-state index in [1.54, 1.807) is 12.3 Å². The second-order valence-corrected chi connectivity index (χ2v) is 4.23. The number of ether oxygens (including phenoxy) is 1. The van der Waals surface area contributed by atoms with Gasteiger partial charge in [0.1, 0.15) is 0 Å². The molecule has 1 saturated heterocycles. The molecule has 0 bridgehead atoms. The molecule has 90 valence electrons. The first-order valence-corrected chi connectivity index (χ1v) is 5.48. The minimum absolute atomic E-state index is 0.121. The zero-order valence-electron chi connectivity index (χ0n) is 9.22. The summed E-state index contributed by atoms with van der Waals surface area (Å²) >= 11 is 5.81. The molecule has 0 N–H and O–H groups in total. The summed E-state index contributed by atoms with van der Waals surface area (Å²) in [6.07, 6.45) is 3.20. The second kappa shape index (κ2) is 4.71. The van der Waals surface area contributed by atoms with Crippen molar-refractivity contribution in [2.75, 3.05) is 18.6 Å². The molecule has 1 fully saturated rings. The Morgan fingerprint density at radius 2 is 2.35 bits per heavy atom. The summed E-state index contributed by atoms with van der Waals surface area (Å²) in [5.41, 5.74) is 0.605. The van der Waals surface area contributed by atoms with Crippen molar-refractivity contribution >= 4 is 29.2 Å². The van der Waals surface area contributed by atoms with Crippen LogP contribution in [0.5, 0.6) is 0 Å². The monoisotopic (exact) mass is 254 g/mol. The summed E-state index contributed by atoms with van der Waals surface area (Å²) < 4.78 is 4.63. The lowest BCUT2D eigenvalue weighted by atomic mass is 10.1. The van der Waals surface area contributed by atoms with E-state index < -0.39 is 5.92 Å². The summed E-state index contributed by atoms with van der Waals surface area (Å²) in [6.45, 7) is 0.313. The number of esters is 1. The average Bonchev–Trinajstić information content (AvgIpc) is 2.70. The quantitative estimate of drug-likeness (QED) is 0.746. The van der Waals surface area contributed by atoms with Gasteiger partial charge in [0, 0.05) is 19.2 Å². The van der Waals surface area contributed by atoms with Crippen LogP contribution in [0.15, 0.2) is 18.5 Å². The smallest absolute Gasteiger partial charge is 0.311 e. The number of aromatic nitrogens is 1. The fraction of sp³-hybridized carbons (Fsp3) is 0.364. The zero-order chi connectivity index (χ0) is 12.4. The standard InChI is InChI=1S/C11H11ClN2O3/c1-17-11(16)7-2-10(15)14(6-7)9-3-8(12)4-13-5-9/h3-5,7H,2,6H2,1H3. The van der Waals surface area contributed by atoms with E-state index in [9.17, 15) is 9.59 Å². The van der Waals surface area contributed by atoms with Gasteiger partial charge in [0.2, 0.25) is 5.91 Å². The first kappa shape index (κ1) is 11.9. The summed E-state index contributed by atoms with van der Waals surface area (Å²) in [6, 6.07) is 1.64. The van der Waals surface area contributed by atoms with Crippen molar-refractivity contribution in [3.63, 3.8) is 0 Å². The molecule has 2 heterocycles. The first-order valence-electron chi connectivity index (χ1n) is 5.10. The number of anilines is 1. The van der Waals surface area contributed by atoms with Crippen LogP contribution in [-0.4, -0.2) is 30.5 Å². The molecule has 1 aliphatic rings. The van der Waals surface area contributed by atoms with Crippen molar-refractivity contribution in [1.29, 1.82) is 0 Å². The van der Waals surface area contributed by atoms with Crippen LogP contribution in [0.4, 0.5) is 5.69 Å². The summed E-state index contributed by atoms with van der Waals surface area (Å²) in [5.74, 6) is -0.896. The van der Waals surface area contributed by atoms with E-state index in [2.05, 4.69) is 9.72 Å². The molecule has 1 atom stereocenters. The molecule has 17 heavy (non-hydrogen) atoms. The van der Waals surface area contributed by atoms with Crippen molar-refractivity contribution in [3.8, 4) is 0 Å². The number of rotatable bonds is 2. The van der Waals surface area contributed by atoms with Crippen LogP contribution < -0.4 is 4.90 Å². The summed E-state index contributed by atoms with van der Waals surface area (Å²) in [5, 5.41) is 0.455. The highest BCUT2D eigenvalue weighted by molar-refractivity contribution is 6.30. The fourth-order valence-electron chi connectivity index (χ4n) is 1.83. The van der Waals surface area contributed by atoms with Crippen LogP contribution in [0.1, 0.15) is 6.42 Å². The van der Waals surface area contributed by atoms with Gasteiger partial charge in [-0.3, -0.25) is 14.6 Å². The number of amides is 1. The molecule has 0 spiro atoms. The predicted octanol–water partition coefficient (Wildman–Crippen LogP) is 1.26.